The van der Waals surface area contributed by atoms with Gasteiger partial charge in [-0.25, -0.2) is 9.37 Å². The average Bonchev–Trinajstić information content (AvgIpc) is 2.72. The molecule has 152 valence electrons. The van der Waals surface area contributed by atoms with Crippen LogP contribution in [0.25, 0.3) is 0 Å². The van der Waals surface area contributed by atoms with Gasteiger partial charge in [0.25, 0.3) is 0 Å². The van der Waals surface area contributed by atoms with Gasteiger partial charge in [-0.2, -0.15) is 4.98 Å². The second-order valence-electron chi connectivity index (χ2n) is 6.24. The van der Waals surface area contributed by atoms with Gasteiger partial charge in [0.15, 0.2) is 11.5 Å². The average molecular weight is 398 g/mol. The van der Waals surface area contributed by atoms with Crippen LogP contribution in [-0.4, -0.2) is 31.3 Å². The number of hydrogen-bond donors (Lipinski definition) is 2. The van der Waals surface area contributed by atoms with Gasteiger partial charge < -0.3 is 24.8 Å². The van der Waals surface area contributed by atoms with Crippen LogP contribution in [0.15, 0.2) is 42.5 Å². The third-order valence-corrected chi connectivity index (χ3v) is 4.16. The fourth-order valence-electron chi connectivity index (χ4n) is 2.79. The van der Waals surface area contributed by atoms with Crippen LogP contribution in [0.2, 0.25) is 0 Å². The highest BCUT2D eigenvalue weighted by Crippen LogP contribution is 2.40. The van der Waals surface area contributed by atoms with E-state index in [0.717, 1.165) is 11.3 Å². The first-order chi connectivity index (χ1) is 14.0. The van der Waals surface area contributed by atoms with Crippen molar-refractivity contribution >= 4 is 17.5 Å². The first kappa shape index (κ1) is 20.2. The predicted molar refractivity (Wildman–Crippen MR) is 110 cm³/mol. The molecule has 0 atom stereocenters. The predicted octanol–water partition coefficient (Wildman–Crippen LogP) is 4.31. The molecule has 29 heavy (non-hydrogen) atoms. The molecule has 3 aromatic rings. The maximum Gasteiger partial charge on any atom is 0.229 e. The zero-order valence-corrected chi connectivity index (χ0v) is 16.7. The minimum Gasteiger partial charge on any atom is -0.493 e. The molecule has 0 unspecified atom stereocenters. The number of ether oxygens (including phenoxy) is 3. The second-order valence-corrected chi connectivity index (χ2v) is 6.24. The summed E-state index contributed by atoms with van der Waals surface area (Å²) in [6.07, 6.45) is 0. The second kappa shape index (κ2) is 9.09. The van der Waals surface area contributed by atoms with Crippen LogP contribution in [0.1, 0.15) is 11.3 Å². The van der Waals surface area contributed by atoms with Crippen LogP contribution in [0.5, 0.6) is 17.2 Å². The summed E-state index contributed by atoms with van der Waals surface area (Å²) in [6, 6.07) is 11.7. The zero-order chi connectivity index (χ0) is 20.8. The molecule has 0 bridgehead atoms. The fraction of sp³-hybridized carbons (Fsp3) is 0.238. The van der Waals surface area contributed by atoms with Gasteiger partial charge in [-0.1, -0.05) is 12.1 Å². The van der Waals surface area contributed by atoms with Crippen LogP contribution in [-0.2, 0) is 6.54 Å². The lowest BCUT2D eigenvalue weighted by molar-refractivity contribution is 0.324. The monoisotopic (exact) mass is 398 g/mol. The van der Waals surface area contributed by atoms with E-state index >= 15 is 0 Å². The fourth-order valence-corrected chi connectivity index (χ4v) is 2.79. The largest absolute Gasteiger partial charge is 0.493 e. The summed E-state index contributed by atoms with van der Waals surface area (Å²) in [5, 5.41) is 6.39. The van der Waals surface area contributed by atoms with Gasteiger partial charge in [0, 0.05) is 36.1 Å². The highest BCUT2D eigenvalue weighted by atomic mass is 19.1. The van der Waals surface area contributed by atoms with E-state index in [2.05, 4.69) is 20.6 Å². The minimum atomic E-state index is -0.261. The van der Waals surface area contributed by atoms with E-state index in [4.69, 9.17) is 14.2 Å². The van der Waals surface area contributed by atoms with Crippen LogP contribution in [0.3, 0.4) is 0 Å². The highest BCUT2D eigenvalue weighted by molar-refractivity contribution is 5.66. The molecular weight excluding hydrogens is 375 g/mol. The van der Waals surface area contributed by atoms with E-state index in [0.29, 0.717) is 41.2 Å². The first-order valence-corrected chi connectivity index (χ1v) is 8.93. The van der Waals surface area contributed by atoms with E-state index in [1.165, 1.54) is 12.1 Å². The Labute approximate surface area is 168 Å². The van der Waals surface area contributed by atoms with Gasteiger partial charge in [0.2, 0.25) is 11.7 Å². The maximum atomic E-state index is 13.0. The third-order valence-electron chi connectivity index (χ3n) is 4.16. The van der Waals surface area contributed by atoms with Gasteiger partial charge in [-0.05, 0) is 24.6 Å². The standard InChI is InChI=1S/C21H23FN4O3/c1-13-9-19(23-12-14-5-7-15(22)8-6-14)26-21(24-13)25-16-10-17(27-2)20(29-4)18(11-16)28-3/h5-11H,12H2,1-4H3,(H2,23,24,25,26). The van der Waals surface area contributed by atoms with Crippen molar-refractivity contribution in [3.05, 3.63) is 59.5 Å². The van der Waals surface area contributed by atoms with E-state index in [9.17, 15) is 4.39 Å². The van der Waals surface area contributed by atoms with Crippen molar-refractivity contribution in [3.63, 3.8) is 0 Å². The molecule has 0 saturated carbocycles. The highest BCUT2D eigenvalue weighted by Gasteiger charge is 2.14. The lowest BCUT2D eigenvalue weighted by Gasteiger charge is -2.15. The summed E-state index contributed by atoms with van der Waals surface area (Å²) in [5.74, 6) is 2.36. The van der Waals surface area contributed by atoms with Crippen LogP contribution < -0.4 is 24.8 Å². The molecule has 1 aromatic heterocycles. The Kier molecular flexibility index (Phi) is 6.33. The Morgan fingerprint density at radius 3 is 2.14 bits per heavy atom. The smallest absolute Gasteiger partial charge is 0.229 e. The van der Waals surface area contributed by atoms with Crippen molar-refractivity contribution < 1.29 is 18.6 Å². The number of anilines is 3. The normalized spacial score (nSPS) is 10.4. The van der Waals surface area contributed by atoms with Crippen molar-refractivity contribution in [1.29, 1.82) is 0 Å². The van der Waals surface area contributed by atoms with Gasteiger partial charge >= 0.3 is 0 Å². The van der Waals surface area contributed by atoms with Crippen molar-refractivity contribution in [3.8, 4) is 17.2 Å². The number of aromatic nitrogens is 2. The van der Waals surface area contributed by atoms with Crippen molar-refractivity contribution in [1.82, 2.24) is 9.97 Å². The molecule has 0 amide bonds. The molecule has 3 rings (SSSR count). The maximum absolute atomic E-state index is 13.0. The van der Waals surface area contributed by atoms with Crippen molar-refractivity contribution in [2.45, 2.75) is 13.5 Å². The number of benzene rings is 2. The molecule has 2 N–H and O–H groups in total. The molecule has 7 nitrogen and oxygen atoms in total. The molecule has 8 heteroatoms. The summed E-state index contributed by atoms with van der Waals surface area (Å²) in [7, 11) is 4.67. The molecule has 0 radical (unpaired) electrons. The van der Waals surface area contributed by atoms with Crippen LogP contribution in [0.4, 0.5) is 21.8 Å². The first-order valence-electron chi connectivity index (χ1n) is 8.93. The van der Waals surface area contributed by atoms with Crippen LogP contribution in [0, 0.1) is 12.7 Å². The number of aryl methyl sites for hydroxylation is 1. The van der Waals surface area contributed by atoms with Crippen molar-refractivity contribution in [2.24, 2.45) is 0 Å². The molecule has 0 aliphatic heterocycles. The molecular formula is C21H23FN4O3. The summed E-state index contributed by atoms with van der Waals surface area (Å²) in [5.41, 5.74) is 2.42. The number of halogens is 1. The zero-order valence-electron chi connectivity index (χ0n) is 16.7. The van der Waals surface area contributed by atoms with E-state index in [-0.39, 0.29) is 5.82 Å². The summed E-state index contributed by atoms with van der Waals surface area (Å²) < 4.78 is 29.1. The van der Waals surface area contributed by atoms with Gasteiger partial charge in [0.1, 0.15) is 11.6 Å². The molecule has 0 aliphatic carbocycles. The molecule has 1 heterocycles. The quantitative estimate of drug-likeness (QED) is 0.586. The van der Waals surface area contributed by atoms with E-state index in [1.807, 2.05) is 13.0 Å². The SMILES string of the molecule is COc1cc(Nc2nc(C)cc(NCc3ccc(F)cc3)n2)cc(OC)c1OC. The molecule has 0 spiro atoms. The molecule has 2 aromatic carbocycles. The minimum absolute atomic E-state index is 0.261. The van der Waals surface area contributed by atoms with E-state index < -0.39 is 0 Å². The molecule has 0 aliphatic rings. The number of methoxy groups -OCH3 is 3. The lowest BCUT2D eigenvalue weighted by atomic mass is 10.2. The van der Waals surface area contributed by atoms with E-state index in [1.54, 1.807) is 45.6 Å². The Morgan fingerprint density at radius 1 is 0.897 bits per heavy atom. The summed E-state index contributed by atoms with van der Waals surface area (Å²) in [4.78, 5) is 8.92. The summed E-state index contributed by atoms with van der Waals surface area (Å²) in [6.45, 7) is 2.39. The molecule has 0 fully saturated rings. The van der Waals surface area contributed by atoms with Gasteiger partial charge in [-0.3, -0.25) is 0 Å². The number of nitrogens with one attached hydrogen (secondary N) is 2. The molecule has 0 saturated heterocycles. The number of nitrogens with zero attached hydrogens (tertiary/aromatic N) is 2. The van der Waals surface area contributed by atoms with Crippen molar-refractivity contribution in [2.75, 3.05) is 32.0 Å². The van der Waals surface area contributed by atoms with Gasteiger partial charge in [-0.15, -0.1) is 0 Å². The lowest BCUT2D eigenvalue weighted by Crippen LogP contribution is -2.06. The van der Waals surface area contributed by atoms with Crippen LogP contribution >= 0.6 is 0 Å². The van der Waals surface area contributed by atoms with Gasteiger partial charge in [0.05, 0.1) is 21.3 Å². The number of hydrogen-bond acceptors (Lipinski definition) is 7. The Hall–Kier alpha value is -3.55. The Bertz CT molecular complexity index is 955. The Balaban J connectivity index is 1.80. The summed E-state index contributed by atoms with van der Waals surface area (Å²) >= 11 is 0. The Morgan fingerprint density at radius 2 is 1.55 bits per heavy atom. The number of rotatable bonds is 8. The topological polar surface area (TPSA) is 77.5 Å². The third kappa shape index (κ3) is 5.04.